The van der Waals surface area contributed by atoms with Gasteiger partial charge < -0.3 is 14.8 Å². The Bertz CT molecular complexity index is 617. The van der Waals surface area contributed by atoms with E-state index in [1.165, 1.54) is 18.2 Å². The summed E-state index contributed by atoms with van der Waals surface area (Å²) in [6.45, 7) is 0.146. The summed E-state index contributed by atoms with van der Waals surface area (Å²) in [4.78, 5) is 25.0. The van der Waals surface area contributed by atoms with Crippen LogP contribution in [0.25, 0.3) is 6.08 Å². The van der Waals surface area contributed by atoms with Crippen molar-refractivity contribution in [3.63, 3.8) is 0 Å². The number of carbonyl (C=O) groups is 2. The van der Waals surface area contributed by atoms with Crippen molar-refractivity contribution in [1.82, 2.24) is 4.90 Å². The smallest absolute Gasteiger partial charge is 0.550 e. The molecule has 1 aromatic rings. The van der Waals surface area contributed by atoms with E-state index in [9.17, 15) is 19.1 Å². The molecule has 1 aromatic carbocycles. The number of piperidine rings is 1. The van der Waals surface area contributed by atoms with Gasteiger partial charge in [-0.05, 0) is 36.6 Å². The largest absolute Gasteiger partial charge is 1.00 e. The molecule has 0 aliphatic carbocycles. The number of carboxylic acid groups (broad SMARTS) is 1. The molecule has 21 heavy (non-hydrogen) atoms. The van der Waals surface area contributed by atoms with Crippen LogP contribution in [-0.2, 0) is 4.79 Å². The van der Waals surface area contributed by atoms with Crippen molar-refractivity contribution in [3.05, 3.63) is 41.2 Å². The first-order chi connectivity index (χ1) is 9.56. The summed E-state index contributed by atoms with van der Waals surface area (Å²) >= 11 is 0. The molecule has 0 N–H and O–H groups in total. The van der Waals surface area contributed by atoms with E-state index in [1.54, 1.807) is 11.0 Å². The Labute approximate surface area is 143 Å². The number of fused-ring (bicyclic) bond motifs is 2. The van der Waals surface area contributed by atoms with E-state index >= 15 is 0 Å². The SMILES string of the molecule is O=C([O-])[C@@H]1CC[C@H]2C=Cc3cc(F)ccc3C(=O)N2C1.[Na+]. The number of carbonyl (C=O) groups excluding carboxylic acids is 2. The molecule has 1 amide bonds. The molecule has 0 saturated carbocycles. The molecule has 2 heterocycles. The fraction of sp³-hybridized carbons (Fsp3) is 0.333. The Balaban J connectivity index is 0.00000161. The van der Waals surface area contributed by atoms with Gasteiger partial charge in [0, 0.05) is 24.0 Å². The number of rotatable bonds is 1. The van der Waals surface area contributed by atoms with Crippen LogP contribution < -0.4 is 34.7 Å². The van der Waals surface area contributed by atoms with Gasteiger partial charge in [-0.2, -0.15) is 0 Å². The molecule has 104 valence electrons. The summed E-state index contributed by atoms with van der Waals surface area (Å²) in [5.74, 6) is -2.40. The maximum atomic E-state index is 13.2. The quantitative estimate of drug-likeness (QED) is 0.554. The van der Waals surface area contributed by atoms with E-state index in [1.807, 2.05) is 6.08 Å². The third kappa shape index (κ3) is 3.05. The van der Waals surface area contributed by atoms with Crippen LogP contribution in [0.1, 0.15) is 28.8 Å². The second-order valence-electron chi connectivity index (χ2n) is 5.21. The molecule has 0 unspecified atom stereocenters. The molecule has 0 spiro atoms. The summed E-state index contributed by atoms with van der Waals surface area (Å²) < 4.78 is 13.2. The fourth-order valence-electron chi connectivity index (χ4n) is 2.85. The number of hydrogen-bond acceptors (Lipinski definition) is 3. The van der Waals surface area contributed by atoms with Gasteiger partial charge in [0.2, 0.25) is 0 Å². The summed E-state index contributed by atoms with van der Waals surface area (Å²) in [5.41, 5.74) is 0.943. The zero-order valence-corrected chi connectivity index (χ0v) is 13.7. The van der Waals surface area contributed by atoms with Crippen molar-refractivity contribution in [2.75, 3.05) is 6.54 Å². The summed E-state index contributed by atoms with van der Waals surface area (Å²) in [7, 11) is 0. The zero-order valence-electron chi connectivity index (χ0n) is 11.7. The molecule has 2 atom stereocenters. The Hall–Kier alpha value is -1.17. The molecule has 6 heteroatoms. The molecule has 2 aliphatic heterocycles. The van der Waals surface area contributed by atoms with Crippen LogP contribution in [0.2, 0.25) is 0 Å². The van der Waals surface area contributed by atoms with Crippen LogP contribution in [0, 0.1) is 11.7 Å². The normalized spacial score (nSPS) is 23.7. The van der Waals surface area contributed by atoms with Crippen LogP contribution in [0.3, 0.4) is 0 Å². The van der Waals surface area contributed by atoms with Gasteiger partial charge in [0.25, 0.3) is 5.91 Å². The minimum Gasteiger partial charge on any atom is -0.550 e. The molecule has 2 aliphatic rings. The van der Waals surface area contributed by atoms with Gasteiger partial charge in [0.1, 0.15) is 5.82 Å². The van der Waals surface area contributed by atoms with E-state index in [4.69, 9.17) is 0 Å². The van der Waals surface area contributed by atoms with Gasteiger partial charge in [0.05, 0.1) is 6.04 Å². The zero-order chi connectivity index (χ0) is 14.3. The van der Waals surface area contributed by atoms with Crippen molar-refractivity contribution in [3.8, 4) is 0 Å². The van der Waals surface area contributed by atoms with Gasteiger partial charge >= 0.3 is 29.6 Å². The maximum Gasteiger partial charge on any atom is 1.00 e. The summed E-state index contributed by atoms with van der Waals surface area (Å²) in [6, 6.07) is 3.87. The second-order valence-corrected chi connectivity index (χ2v) is 5.21. The summed E-state index contributed by atoms with van der Waals surface area (Å²) in [6.07, 6.45) is 4.65. The van der Waals surface area contributed by atoms with Gasteiger partial charge in [0.15, 0.2) is 0 Å². The average molecular weight is 297 g/mol. The van der Waals surface area contributed by atoms with Crippen molar-refractivity contribution in [2.45, 2.75) is 18.9 Å². The summed E-state index contributed by atoms with van der Waals surface area (Å²) in [5, 5.41) is 11.0. The Kier molecular flexibility index (Phi) is 4.86. The predicted octanol–water partition coefficient (Wildman–Crippen LogP) is -2.17. The molecule has 1 saturated heterocycles. The van der Waals surface area contributed by atoms with Crippen molar-refractivity contribution in [1.29, 1.82) is 0 Å². The first-order valence-corrected chi connectivity index (χ1v) is 6.56. The molecule has 4 nitrogen and oxygen atoms in total. The van der Waals surface area contributed by atoms with Crippen LogP contribution >= 0.6 is 0 Å². The number of nitrogens with zero attached hydrogens (tertiary/aromatic N) is 1. The molecule has 3 rings (SSSR count). The molecule has 0 radical (unpaired) electrons. The molecule has 0 bridgehead atoms. The molecule has 0 aromatic heterocycles. The molecular weight excluding hydrogens is 284 g/mol. The van der Waals surface area contributed by atoms with Crippen LogP contribution in [0.5, 0.6) is 0 Å². The standard InChI is InChI=1S/C15H14FNO3.Na/c16-11-3-6-13-9(7-11)1-4-12-5-2-10(15(19)20)8-17(12)14(13)18;/h1,3-4,6-7,10,12H,2,5,8H2,(H,19,20);/q;+1/p-1/t10-,12-;/m1./s1. The van der Waals surface area contributed by atoms with Crippen molar-refractivity contribution in [2.24, 2.45) is 5.92 Å². The maximum absolute atomic E-state index is 13.2. The van der Waals surface area contributed by atoms with Crippen molar-refractivity contribution < 1.29 is 48.6 Å². The third-order valence-corrected chi connectivity index (χ3v) is 3.96. The minimum absolute atomic E-state index is 0. The first kappa shape index (κ1) is 16.2. The number of amides is 1. The number of aliphatic carboxylic acids is 1. The Morgan fingerprint density at radius 3 is 2.81 bits per heavy atom. The third-order valence-electron chi connectivity index (χ3n) is 3.96. The van der Waals surface area contributed by atoms with E-state index < -0.39 is 17.7 Å². The first-order valence-electron chi connectivity index (χ1n) is 6.56. The van der Waals surface area contributed by atoms with Gasteiger partial charge in [-0.25, -0.2) is 4.39 Å². The predicted molar refractivity (Wildman–Crippen MR) is 68.0 cm³/mol. The average Bonchev–Trinajstić information content (AvgIpc) is 2.56. The van der Waals surface area contributed by atoms with Crippen LogP contribution in [0.15, 0.2) is 24.3 Å². The number of hydrogen-bond donors (Lipinski definition) is 0. The van der Waals surface area contributed by atoms with E-state index in [-0.39, 0.29) is 48.1 Å². The Morgan fingerprint density at radius 1 is 1.33 bits per heavy atom. The number of benzene rings is 1. The number of carboxylic acids is 1. The molecule has 1 fully saturated rings. The van der Waals surface area contributed by atoms with E-state index in [0.29, 0.717) is 24.0 Å². The van der Waals surface area contributed by atoms with E-state index in [0.717, 1.165) is 0 Å². The minimum atomic E-state index is -1.12. The Morgan fingerprint density at radius 2 is 2.10 bits per heavy atom. The second kappa shape index (κ2) is 6.30. The van der Waals surface area contributed by atoms with Crippen molar-refractivity contribution >= 4 is 18.0 Å². The fourth-order valence-corrected chi connectivity index (χ4v) is 2.85. The van der Waals surface area contributed by atoms with E-state index in [2.05, 4.69) is 0 Å². The van der Waals surface area contributed by atoms with Crippen LogP contribution in [-0.4, -0.2) is 29.4 Å². The topological polar surface area (TPSA) is 60.4 Å². The monoisotopic (exact) mass is 297 g/mol. The van der Waals surface area contributed by atoms with Gasteiger partial charge in [-0.15, -0.1) is 0 Å². The van der Waals surface area contributed by atoms with Gasteiger partial charge in [-0.3, -0.25) is 4.79 Å². The molecular formula is C15H13FNNaO3. The number of halogens is 1. The van der Waals surface area contributed by atoms with Gasteiger partial charge in [-0.1, -0.05) is 12.2 Å². The van der Waals surface area contributed by atoms with Crippen LogP contribution in [0.4, 0.5) is 4.39 Å².